The predicted molar refractivity (Wildman–Crippen MR) is 79.7 cm³/mol. The molecule has 1 heterocycles. The normalized spacial score (nSPS) is 12.8. The van der Waals surface area contributed by atoms with E-state index < -0.39 is 11.7 Å². The van der Waals surface area contributed by atoms with Gasteiger partial charge in [-0.25, -0.2) is 14.8 Å². The van der Waals surface area contributed by atoms with Gasteiger partial charge in [-0.15, -0.1) is 0 Å². The van der Waals surface area contributed by atoms with Crippen LogP contribution in [0.15, 0.2) is 6.07 Å². The van der Waals surface area contributed by atoms with E-state index in [1.165, 1.54) is 0 Å². The summed E-state index contributed by atoms with van der Waals surface area (Å²) in [6.07, 6.45) is -0.463. The number of alkyl carbamates (subject to hydrolysis) is 1. The summed E-state index contributed by atoms with van der Waals surface area (Å²) in [5.74, 6) is 0.943. The molecule has 0 saturated heterocycles. The smallest absolute Gasteiger partial charge is 0.407 e. The van der Waals surface area contributed by atoms with Crippen molar-refractivity contribution >= 4 is 11.9 Å². The number of aromatic nitrogens is 2. The Hall–Kier alpha value is -1.89. The van der Waals surface area contributed by atoms with Gasteiger partial charge in [0.25, 0.3) is 0 Å². The Morgan fingerprint density at radius 3 is 2.67 bits per heavy atom. The van der Waals surface area contributed by atoms with E-state index in [9.17, 15) is 4.79 Å². The van der Waals surface area contributed by atoms with Gasteiger partial charge < -0.3 is 20.5 Å². The molecule has 1 aromatic heterocycles. The van der Waals surface area contributed by atoms with Crippen molar-refractivity contribution in [2.24, 2.45) is 0 Å². The number of rotatable bonds is 5. The zero-order valence-corrected chi connectivity index (χ0v) is 13.3. The molecule has 1 amide bonds. The number of nitrogen functional groups attached to an aromatic ring is 1. The zero-order chi connectivity index (χ0) is 16.0. The van der Waals surface area contributed by atoms with E-state index in [1.54, 1.807) is 6.07 Å². The Balaban J connectivity index is 2.33. The molecule has 0 radical (unpaired) electrons. The molecule has 1 aromatic rings. The molecule has 21 heavy (non-hydrogen) atoms. The Labute approximate surface area is 125 Å². The molecule has 0 fully saturated rings. The van der Waals surface area contributed by atoms with Crippen LogP contribution in [0.4, 0.5) is 10.6 Å². The lowest BCUT2D eigenvalue weighted by Crippen LogP contribution is -2.39. The topological polar surface area (TPSA) is 99.4 Å². The number of anilines is 1. The molecule has 0 aliphatic rings. The summed E-state index contributed by atoms with van der Waals surface area (Å²) in [6.45, 7) is 9.68. The molecule has 1 atom stereocenters. The monoisotopic (exact) mass is 296 g/mol. The highest BCUT2D eigenvalue weighted by Crippen LogP contribution is 2.07. The molecule has 1 unspecified atom stereocenters. The van der Waals surface area contributed by atoms with Gasteiger partial charge in [-0.3, -0.25) is 0 Å². The highest BCUT2D eigenvalue weighted by molar-refractivity contribution is 5.68. The zero-order valence-electron chi connectivity index (χ0n) is 13.3. The largest absolute Gasteiger partial charge is 0.444 e. The first-order valence-electron chi connectivity index (χ1n) is 6.83. The summed E-state index contributed by atoms with van der Waals surface area (Å²) in [5, 5.41) is 2.69. The quantitative estimate of drug-likeness (QED) is 0.859. The number of nitrogens with zero attached hydrogens (tertiary/aromatic N) is 2. The second-order valence-electron chi connectivity index (χ2n) is 5.91. The molecule has 118 valence electrons. The maximum Gasteiger partial charge on any atom is 0.407 e. The lowest BCUT2D eigenvalue weighted by atomic mass is 10.2. The molecule has 0 saturated carbocycles. The molecule has 0 spiro atoms. The highest BCUT2D eigenvalue weighted by Gasteiger charge is 2.17. The van der Waals surface area contributed by atoms with E-state index in [1.807, 2.05) is 34.6 Å². The number of aryl methyl sites for hydroxylation is 1. The van der Waals surface area contributed by atoms with Crippen molar-refractivity contribution in [3.63, 3.8) is 0 Å². The van der Waals surface area contributed by atoms with Gasteiger partial charge in [0.05, 0.1) is 12.6 Å². The summed E-state index contributed by atoms with van der Waals surface area (Å²) in [4.78, 5) is 19.8. The first kappa shape index (κ1) is 17.2. The minimum absolute atomic E-state index is 0.179. The van der Waals surface area contributed by atoms with Crippen LogP contribution < -0.4 is 11.1 Å². The van der Waals surface area contributed by atoms with Crippen molar-refractivity contribution in [1.29, 1.82) is 0 Å². The average molecular weight is 296 g/mol. The molecule has 0 aromatic carbocycles. The minimum atomic E-state index is -0.516. The fourth-order valence-electron chi connectivity index (χ4n) is 1.60. The fourth-order valence-corrected chi connectivity index (χ4v) is 1.60. The number of nitrogens with one attached hydrogen (secondary N) is 1. The molecule has 0 aliphatic heterocycles. The van der Waals surface area contributed by atoms with Crippen molar-refractivity contribution in [3.05, 3.63) is 17.6 Å². The van der Waals surface area contributed by atoms with Gasteiger partial charge in [-0.2, -0.15) is 0 Å². The number of ether oxygens (including phenoxy) is 2. The average Bonchev–Trinajstić information content (AvgIpc) is 2.24. The van der Waals surface area contributed by atoms with Crippen molar-refractivity contribution in [2.75, 3.05) is 12.3 Å². The summed E-state index contributed by atoms with van der Waals surface area (Å²) in [7, 11) is 0. The lowest BCUT2D eigenvalue weighted by molar-refractivity contribution is 0.0438. The Kier molecular flexibility index (Phi) is 5.90. The summed E-state index contributed by atoms with van der Waals surface area (Å²) < 4.78 is 10.6. The van der Waals surface area contributed by atoms with Crippen LogP contribution in [0.2, 0.25) is 0 Å². The SMILES string of the molecule is Cc1cc(N)nc(COCC(C)NC(=O)OC(C)(C)C)n1. The number of carbonyl (C=O) groups excluding carboxylic acids is 1. The Morgan fingerprint density at radius 2 is 2.10 bits per heavy atom. The third-order valence-electron chi connectivity index (χ3n) is 2.28. The summed E-state index contributed by atoms with van der Waals surface area (Å²) in [5.41, 5.74) is 5.91. The number of nitrogens with two attached hydrogens (primary N) is 1. The van der Waals surface area contributed by atoms with E-state index in [4.69, 9.17) is 15.2 Å². The van der Waals surface area contributed by atoms with Crippen molar-refractivity contribution in [1.82, 2.24) is 15.3 Å². The lowest BCUT2D eigenvalue weighted by Gasteiger charge is -2.21. The van der Waals surface area contributed by atoms with Crippen LogP contribution in [0.5, 0.6) is 0 Å². The molecule has 3 N–H and O–H groups in total. The van der Waals surface area contributed by atoms with Crippen LogP contribution in [0, 0.1) is 6.92 Å². The predicted octanol–water partition coefficient (Wildman–Crippen LogP) is 1.80. The van der Waals surface area contributed by atoms with Gasteiger partial charge in [0.15, 0.2) is 5.82 Å². The fraction of sp³-hybridized carbons (Fsp3) is 0.643. The number of carbonyl (C=O) groups is 1. The van der Waals surface area contributed by atoms with Gasteiger partial charge in [0, 0.05) is 11.8 Å². The third kappa shape index (κ3) is 7.45. The first-order valence-corrected chi connectivity index (χ1v) is 6.83. The maximum absolute atomic E-state index is 11.6. The number of amides is 1. The van der Waals surface area contributed by atoms with E-state index in [0.29, 0.717) is 18.2 Å². The first-order chi connectivity index (χ1) is 9.65. The van der Waals surface area contributed by atoms with Crippen LogP contribution in [-0.2, 0) is 16.1 Å². The van der Waals surface area contributed by atoms with Gasteiger partial charge >= 0.3 is 6.09 Å². The van der Waals surface area contributed by atoms with Gasteiger partial charge in [0.2, 0.25) is 0 Å². The molecule has 7 nitrogen and oxygen atoms in total. The van der Waals surface area contributed by atoms with Gasteiger partial charge in [-0.1, -0.05) is 0 Å². The van der Waals surface area contributed by atoms with Crippen molar-refractivity contribution in [3.8, 4) is 0 Å². The standard InChI is InChI=1S/C14H24N4O3/c1-9-6-11(15)18-12(16-9)8-20-7-10(2)17-13(19)21-14(3,4)5/h6,10H,7-8H2,1-5H3,(H,17,19)(H2,15,16,18). The second kappa shape index (κ2) is 7.21. The van der Waals surface area contributed by atoms with Crippen molar-refractivity contribution in [2.45, 2.75) is 52.9 Å². The molecule has 0 aliphatic carbocycles. The van der Waals surface area contributed by atoms with E-state index in [-0.39, 0.29) is 12.6 Å². The molecule has 0 bridgehead atoms. The molecule has 1 rings (SSSR count). The van der Waals surface area contributed by atoms with Gasteiger partial charge in [-0.05, 0) is 34.6 Å². The minimum Gasteiger partial charge on any atom is -0.444 e. The second-order valence-corrected chi connectivity index (χ2v) is 5.91. The Bertz CT molecular complexity index is 465. The van der Waals surface area contributed by atoms with Crippen molar-refractivity contribution < 1.29 is 14.3 Å². The number of hydrogen-bond acceptors (Lipinski definition) is 6. The highest BCUT2D eigenvalue weighted by atomic mass is 16.6. The van der Waals surface area contributed by atoms with Crippen LogP contribution in [-0.4, -0.2) is 34.3 Å². The van der Waals surface area contributed by atoms with E-state index >= 15 is 0 Å². The van der Waals surface area contributed by atoms with Crippen LogP contribution in [0.3, 0.4) is 0 Å². The third-order valence-corrected chi connectivity index (χ3v) is 2.28. The van der Waals surface area contributed by atoms with Crippen LogP contribution >= 0.6 is 0 Å². The molecular weight excluding hydrogens is 272 g/mol. The Morgan fingerprint density at radius 1 is 1.43 bits per heavy atom. The van der Waals surface area contributed by atoms with Crippen LogP contribution in [0.1, 0.15) is 39.2 Å². The number of hydrogen-bond donors (Lipinski definition) is 2. The summed E-state index contributed by atoms with van der Waals surface area (Å²) >= 11 is 0. The summed E-state index contributed by atoms with van der Waals surface area (Å²) in [6, 6.07) is 1.51. The molecule has 7 heteroatoms. The van der Waals surface area contributed by atoms with Crippen LogP contribution in [0.25, 0.3) is 0 Å². The van der Waals surface area contributed by atoms with E-state index in [0.717, 1.165) is 5.69 Å². The van der Waals surface area contributed by atoms with E-state index in [2.05, 4.69) is 15.3 Å². The molecular formula is C14H24N4O3. The van der Waals surface area contributed by atoms with Gasteiger partial charge in [0.1, 0.15) is 18.0 Å². The maximum atomic E-state index is 11.6.